The van der Waals surface area contributed by atoms with Gasteiger partial charge in [0.05, 0.1) is 0 Å². The van der Waals surface area contributed by atoms with Gasteiger partial charge in [-0.25, -0.2) is 0 Å². The SMILES string of the molecule is CC(C)C(CNC1CCCCC1(C)C)C(C)C. The summed E-state index contributed by atoms with van der Waals surface area (Å²) in [5.41, 5.74) is 0.497. The van der Waals surface area contributed by atoms with Crippen molar-refractivity contribution in [3.05, 3.63) is 0 Å². The first-order valence-electron chi connectivity index (χ1n) is 7.58. The van der Waals surface area contributed by atoms with Gasteiger partial charge in [-0.2, -0.15) is 0 Å². The van der Waals surface area contributed by atoms with Gasteiger partial charge in [-0.05, 0) is 42.6 Å². The average molecular weight is 239 g/mol. The third-order valence-corrected chi connectivity index (χ3v) is 4.82. The fourth-order valence-corrected chi connectivity index (χ4v) is 3.39. The molecule has 1 aliphatic carbocycles. The number of hydrogen-bond donors (Lipinski definition) is 1. The molecule has 1 N–H and O–H groups in total. The Morgan fingerprint density at radius 2 is 1.65 bits per heavy atom. The third-order valence-electron chi connectivity index (χ3n) is 4.82. The van der Waals surface area contributed by atoms with Gasteiger partial charge in [0.2, 0.25) is 0 Å². The molecule has 1 rings (SSSR count). The molecule has 0 spiro atoms. The van der Waals surface area contributed by atoms with Crippen molar-refractivity contribution in [3.63, 3.8) is 0 Å². The molecular weight excluding hydrogens is 206 g/mol. The summed E-state index contributed by atoms with van der Waals surface area (Å²) >= 11 is 0. The maximum Gasteiger partial charge on any atom is 0.0118 e. The summed E-state index contributed by atoms with van der Waals surface area (Å²) in [4.78, 5) is 0. The molecule has 0 aromatic carbocycles. The minimum atomic E-state index is 0.497. The van der Waals surface area contributed by atoms with Crippen LogP contribution < -0.4 is 5.32 Å². The third kappa shape index (κ3) is 4.28. The van der Waals surface area contributed by atoms with Gasteiger partial charge in [0, 0.05) is 6.04 Å². The maximum atomic E-state index is 3.87. The van der Waals surface area contributed by atoms with E-state index in [0.717, 1.165) is 23.8 Å². The molecule has 0 bridgehead atoms. The zero-order valence-corrected chi connectivity index (χ0v) is 12.8. The van der Waals surface area contributed by atoms with E-state index in [1.54, 1.807) is 0 Å². The van der Waals surface area contributed by atoms with Gasteiger partial charge in [0.15, 0.2) is 0 Å². The molecule has 0 aliphatic heterocycles. The number of nitrogens with one attached hydrogen (secondary N) is 1. The Hall–Kier alpha value is -0.0400. The first-order valence-corrected chi connectivity index (χ1v) is 7.58. The highest BCUT2D eigenvalue weighted by atomic mass is 14.9. The Balaban J connectivity index is 2.47. The van der Waals surface area contributed by atoms with Crippen LogP contribution in [0.5, 0.6) is 0 Å². The van der Waals surface area contributed by atoms with Crippen LogP contribution in [0.3, 0.4) is 0 Å². The fraction of sp³-hybridized carbons (Fsp3) is 1.00. The van der Waals surface area contributed by atoms with Crippen LogP contribution >= 0.6 is 0 Å². The standard InChI is InChI=1S/C16H33N/c1-12(2)14(13(3)4)11-17-15-9-7-8-10-16(15,5)6/h12-15,17H,7-11H2,1-6H3. The second-order valence-corrected chi connectivity index (χ2v) is 7.35. The molecule has 0 radical (unpaired) electrons. The van der Waals surface area contributed by atoms with E-state index in [1.807, 2.05) is 0 Å². The fourth-order valence-electron chi connectivity index (χ4n) is 3.39. The molecule has 1 fully saturated rings. The van der Waals surface area contributed by atoms with Crippen LogP contribution in [-0.2, 0) is 0 Å². The lowest BCUT2D eigenvalue weighted by molar-refractivity contribution is 0.150. The molecule has 1 saturated carbocycles. The van der Waals surface area contributed by atoms with Crippen molar-refractivity contribution in [2.45, 2.75) is 73.3 Å². The summed E-state index contributed by atoms with van der Waals surface area (Å²) in [6.07, 6.45) is 5.59. The van der Waals surface area contributed by atoms with Crippen molar-refractivity contribution in [1.82, 2.24) is 5.32 Å². The van der Waals surface area contributed by atoms with Crippen LogP contribution in [0.25, 0.3) is 0 Å². The zero-order valence-electron chi connectivity index (χ0n) is 12.8. The number of rotatable bonds is 5. The summed E-state index contributed by atoms with van der Waals surface area (Å²) in [6, 6.07) is 0.733. The highest BCUT2D eigenvalue weighted by Crippen LogP contribution is 2.35. The molecule has 1 aliphatic rings. The van der Waals surface area contributed by atoms with Crippen molar-refractivity contribution in [1.29, 1.82) is 0 Å². The van der Waals surface area contributed by atoms with Crippen molar-refractivity contribution < 1.29 is 0 Å². The average Bonchev–Trinajstić information content (AvgIpc) is 2.19. The van der Waals surface area contributed by atoms with E-state index < -0.39 is 0 Å². The highest BCUT2D eigenvalue weighted by Gasteiger charge is 2.32. The quantitative estimate of drug-likeness (QED) is 0.746. The number of hydrogen-bond acceptors (Lipinski definition) is 1. The van der Waals surface area contributed by atoms with E-state index in [4.69, 9.17) is 0 Å². The van der Waals surface area contributed by atoms with Gasteiger partial charge in [-0.3, -0.25) is 0 Å². The van der Waals surface area contributed by atoms with Gasteiger partial charge in [0.25, 0.3) is 0 Å². The Morgan fingerprint density at radius 3 is 2.12 bits per heavy atom. The van der Waals surface area contributed by atoms with Crippen LogP contribution in [0.1, 0.15) is 67.2 Å². The van der Waals surface area contributed by atoms with Crippen molar-refractivity contribution in [2.75, 3.05) is 6.54 Å². The van der Waals surface area contributed by atoms with Gasteiger partial charge in [-0.1, -0.05) is 54.4 Å². The molecule has 0 aromatic heterocycles. The van der Waals surface area contributed by atoms with E-state index in [1.165, 1.54) is 32.2 Å². The Morgan fingerprint density at radius 1 is 1.06 bits per heavy atom. The largest absolute Gasteiger partial charge is 0.313 e. The van der Waals surface area contributed by atoms with Crippen molar-refractivity contribution in [3.8, 4) is 0 Å². The van der Waals surface area contributed by atoms with Gasteiger partial charge in [0.1, 0.15) is 0 Å². The molecule has 0 amide bonds. The molecular formula is C16H33N. The van der Waals surface area contributed by atoms with Crippen LogP contribution in [-0.4, -0.2) is 12.6 Å². The minimum Gasteiger partial charge on any atom is -0.313 e. The summed E-state index contributed by atoms with van der Waals surface area (Å²) in [5, 5.41) is 3.87. The van der Waals surface area contributed by atoms with E-state index in [0.29, 0.717) is 5.41 Å². The molecule has 1 nitrogen and oxygen atoms in total. The highest BCUT2D eigenvalue weighted by molar-refractivity contribution is 4.88. The van der Waals surface area contributed by atoms with Crippen LogP contribution in [0.2, 0.25) is 0 Å². The summed E-state index contributed by atoms with van der Waals surface area (Å²) < 4.78 is 0. The topological polar surface area (TPSA) is 12.0 Å². The van der Waals surface area contributed by atoms with Crippen LogP contribution in [0, 0.1) is 23.2 Å². The molecule has 1 unspecified atom stereocenters. The zero-order chi connectivity index (χ0) is 13.1. The Bertz CT molecular complexity index is 210. The predicted octanol–water partition coefficient (Wildman–Crippen LogP) is 4.47. The predicted molar refractivity (Wildman–Crippen MR) is 77.2 cm³/mol. The van der Waals surface area contributed by atoms with Crippen molar-refractivity contribution >= 4 is 0 Å². The molecule has 0 aromatic rings. The second-order valence-electron chi connectivity index (χ2n) is 7.35. The van der Waals surface area contributed by atoms with Crippen LogP contribution in [0.15, 0.2) is 0 Å². The maximum absolute atomic E-state index is 3.87. The van der Waals surface area contributed by atoms with E-state index >= 15 is 0 Å². The van der Waals surface area contributed by atoms with E-state index in [2.05, 4.69) is 46.9 Å². The lowest BCUT2D eigenvalue weighted by Gasteiger charge is -2.40. The Kier molecular flexibility index (Phi) is 5.50. The van der Waals surface area contributed by atoms with Gasteiger partial charge in [-0.15, -0.1) is 0 Å². The Labute approximate surface area is 109 Å². The molecule has 17 heavy (non-hydrogen) atoms. The first kappa shape index (κ1) is 15.0. The molecule has 1 atom stereocenters. The van der Waals surface area contributed by atoms with E-state index in [-0.39, 0.29) is 0 Å². The lowest BCUT2D eigenvalue weighted by atomic mass is 9.73. The summed E-state index contributed by atoms with van der Waals surface area (Å²) in [7, 11) is 0. The normalized spacial score (nSPS) is 24.9. The van der Waals surface area contributed by atoms with E-state index in [9.17, 15) is 0 Å². The van der Waals surface area contributed by atoms with Gasteiger partial charge >= 0.3 is 0 Å². The first-order chi connectivity index (χ1) is 7.84. The monoisotopic (exact) mass is 239 g/mol. The second kappa shape index (κ2) is 6.22. The molecule has 102 valence electrons. The minimum absolute atomic E-state index is 0.497. The van der Waals surface area contributed by atoms with Crippen molar-refractivity contribution in [2.24, 2.45) is 23.2 Å². The lowest BCUT2D eigenvalue weighted by Crippen LogP contribution is -2.46. The summed E-state index contributed by atoms with van der Waals surface area (Å²) in [6.45, 7) is 15.5. The molecule has 1 heteroatoms. The molecule has 0 saturated heterocycles. The van der Waals surface area contributed by atoms with Crippen LogP contribution in [0.4, 0.5) is 0 Å². The molecule has 0 heterocycles. The summed E-state index contributed by atoms with van der Waals surface area (Å²) in [5.74, 6) is 2.39. The van der Waals surface area contributed by atoms with Gasteiger partial charge < -0.3 is 5.32 Å². The smallest absolute Gasteiger partial charge is 0.0118 e.